The van der Waals surface area contributed by atoms with E-state index in [2.05, 4.69) is 17.2 Å². The Balaban J connectivity index is 1.80. The minimum absolute atomic E-state index is 0.000135. The summed E-state index contributed by atoms with van der Waals surface area (Å²) < 4.78 is 11.2. The molecule has 1 N–H and O–H groups in total. The Labute approximate surface area is 175 Å². The number of amides is 1. The van der Waals surface area contributed by atoms with Gasteiger partial charge in [0.15, 0.2) is 0 Å². The predicted octanol–water partition coefficient (Wildman–Crippen LogP) is 4.16. The lowest BCUT2D eigenvalue weighted by Crippen LogP contribution is -2.44. The number of nitro groups is 1. The first kappa shape index (κ1) is 21.7. The molecule has 0 saturated carbocycles. The van der Waals surface area contributed by atoms with E-state index in [-0.39, 0.29) is 11.6 Å². The topological polar surface area (TPSA) is 104 Å². The highest BCUT2D eigenvalue weighted by Gasteiger charge is 2.42. The minimum Gasteiger partial charge on any atom is -0.477 e. The van der Waals surface area contributed by atoms with Crippen LogP contribution in [0.4, 0.5) is 11.4 Å². The molecule has 1 saturated heterocycles. The number of nitrogens with zero attached hydrogens (tertiary/aromatic N) is 2. The Hall–Kier alpha value is -3.00. The quantitative estimate of drug-likeness (QED) is 0.396. The Kier molecular flexibility index (Phi) is 6.99. The summed E-state index contributed by atoms with van der Waals surface area (Å²) in [4.78, 5) is 28.2. The van der Waals surface area contributed by atoms with Gasteiger partial charge in [-0.1, -0.05) is 25.5 Å². The number of rotatable bonds is 8. The molecule has 160 valence electrons. The van der Waals surface area contributed by atoms with Gasteiger partial charge in [0.1, 0.15) is 0 Å². The highest BCUT2D eigenvalue weighted by molar-refractivity contribution is 5.99. The van der Waals surface area contributed by atoms with Crippen molar-refractivity contribution < 1.29 is 19.2 Å². The van der Waals surface area contributed by atoms with E-state index < -0.39 is 10.3 Å². The van der Waals surface area contributed by atoms with Crippen LogP contribution in [-0.2, 0) is 14.9 Å². The number of carbonyl (C=O) groups is 1. The molecule has 1 aliphatic rings. The number of anilines is 1. The van der Waals surface area contributed by atoms with Gasteiger partial charge in [0.05, 0.1) is 28.8 Å². The molecule has 2 aromatic rings. The zero-order chi connectivity index (χ0) is 21.6. The molecule has 1 amide bonds. The molecule has 0 spiro atoms. The van der Waals surface area contributed by atoms with Crippen molar-refractivity contribution in [2.24, 2.45) is 0 Å². The maximum Gasteiger partial charge on any atom is 0.269 e. The van der Waals surface area contributed by atoms with Crippen molar-refractivity contribution >= 4 is 17.3 Å². The van der Waals surface area contributed by atoms with Gasteiger partial charge in [0, 0.05) is 30.9 Å². The second-order valence-electron chi connectivity index (χ2n) is 7.50. The van der Waals surface area contributed by atoms with Crippen LogP contribution >= 0.6 is 0 Å². The monoisotopic (exact) mass is 413 g/mol. The maximum absolute atomic E-state index is 13.4. The second-order valence-corrected chi connectivity index (χ2v) is 7.50. The van der Waals surface area contributed by atoms with Crippen LogP contribution in [0.15, 0.2) is 36.5 Å². The molecule has 3 rings (SSSR count). The number of benzene rings is 1. The molecular weight excluding hydrogens is 386 g/mol. The third-order valence-electron chi connectivity index (χ3n) is 5.44. The Morgan fingerprint density at radius 3 is 2.60 bits per heavy atom. The number of carbonyl (C=O) groups excluding carboxylic acids is 1. The fourth-order valence-electron chi connectivity index (χ4n) is 3.61. The average molecular weight is 413 g/mol. The molecule has 2 heterocycles. The third kappa shape index (κ3) is 4.76. The molecule has 30 heavy (non-hydrogen) atoms. The van der Waals surface area contributed by atoms with E-state index in [0.717, 1.165) is 24.0 Å². The molecular formula is C22H27N3O5. The summed E-state index contributed by atoms with van der Waals surface area (Å²) in [6.07, 6.45) is 4.60. The number of pyridine rings is 1. The van der Waals surface area contributed by atoms with Crippen LogP contribution in [-0.4, -0.2) is 35.6 Å². The van der Waals surface area contributed by atoms with Crippen molar-refractivity contribution in [1.82, 2.24) is 4.98 Å². The van der Waals surface area contributed by atoms with Crippen LogP contribution < -0.4 is 10.1 Å². The van der Waals surface area contributed by atoms with E-state index >= 15 is 0 Å². The van der Waals surface area contributed by atoms with Crippen LogP contribution in [0.25, 0.3) is 0 Å². The lowest BCUT2D eigenvalue weighted by Gasteiger charge is -2.36. The number of non-ortho nitro benzene ring substituents is 1. The number of hydrogen-bond donors (Lipinski definition) is 1. The number of aromatic nitrogens is 1. The smallest absolute Gasteiger partial charge is 0.269 e. The minimum atomic E-state index is -0.808. The Morgan fingerprint density at radius 1 is 1.30 bits per heavy atom. The third-order valence-corrected chi connectivity index (χ3v) is 5.44. The molecule has 0 atom stereocenters. The molecule has 1 aromatic heterocycles. The van der Waals surface area contributed by atoms with Gasteiger partial charge in [-0.25, -0.2) is 4.98 Å². The largest absolute Gasteiger partial charge is 0.477 e. The lowest BCUT2D eigenvalue weighted by molar-refractivity contribution is -0.384. The zero-order valence-corrected chi connectivity index (χ0v) is 17.3. The molecule has 0 bridgehead atoms. The van der Waals surface area contributed by atoms with Crippen LogP contribution in [0.3, 0.4) is 0 Å². The fourth-order valence-corrected chi connectivity index (χ4v) is 3.61. The van der Waals surface area contributed by atoms with Gasteiger partial charge in [-0.15, -0.1) is 0 Å². The molecule has 8 heteroatoms. The molecule has 8 nitrogen and oxygen atoms in total. The van der Waals surface area contributed by atoms with Crippen LogP contribution in [0.1, 0.15) is 43.7 Å². The predicted molar refractivity (Wildman–Crippen MR) is 113 cm³/mol. The Bertz CT molecular complexity index is 892. The van der Waals surface area contributed by atoms with Crippen LogP contribution in [0.5, 0.6) is 5.88 Å². The van der Waals surface area contributed by atoms with E-state index in [4.69, 9.17) is 9.47 Å². The average Bonchev–Trinajstić information content (AvgIpc) is 2.76. The van der Waals surface area contributed by atoms with Crippen molar-refractivity contribution in [3.63, 3.8) is 0 Å². The summed E-state index contributed by atoms with van der Waals surface area (Å²) in [5.74, 6) is 0.401. The number of nitro benzene ring substituents is 1. The molecule has 0 radical (unpaired) electrons. The highest BCUT2D eigenvalue weighted by Crippen LogP contribution is 2.37. The number of ether oxygens (including phenoxy) is 2. The Morgan fingerprint density at radius 2 is 2.00 bits per heavy atom. The van der Waals surface area contributed by atoms with E-state index in [9.17, 15) is 14.9 Å². The van der Waals surface area contributed by atoms with Gasteiger partial charge in [0.25, 0.3) is 5.69 Å². The summed E-state index contributed by atoms with van der Waals surface area (Å²) in [5.41, 5.74) is 1.38. The van der Waals surface area contributed by atoms with Crippen molar-refractivity contribution in [3.8, 4) is 5.88 Å². The van der Waals surface area contributed by atoms with Crippen molar-refractivity contribution in [3.05, 3.63) is 57.8 Å². The maximum atomic E-state index is 13.4. The van der Waals surface area contributed by atoms with Crippen molar-refractivity contribution in [2.45, 2.75) is 44.9 Å². The number of nitrogens with one attached hydrogen (secondary N) is 1. The molecule has 1 aromatic carbocycles. The first-order valence-electron chi connectivity index (χ1n) is 10.2. The van der Waals surface area contributed by atoms with Crippen molar-refractivity contribution in [2.75, 3.05) is 25.1 Å². The molecule has 1 aliphatic heterocycles. The molecule has 0 unspecified atom stereocenters. The first-order chi connectivity index (χ1) is 14.5. The van der Waals surface area contributed by atoms with Gasteiger partial charge in [-0.2, -0.15) is 0 Å². The van der Waals surface area contributed by atoms with E-state index in [1.807, 2.05) is 13.0 Å². The van der Waals surface area contributed by atoms with Gasteiger partial charge < -0.3 is 14.8 Å². The highest BCUT2D eigenvalue weighted by atomic mass is 16.6. The number of unbranched alkanes of at least 4 members (excludes halogenated alkanes) is 1. The molecule has 0 aliphatic carbocycles. The van der Waals surface area contributed by atoms with Gasteiger partial charge >= 0.3 is 0 Å². The normalized spacial score (nSPS) is 15.4. The molecule has 1 fully saturated rings. The van der Waals surface area contributed by atoms with Crippen molar-refractivity contribution in [1.29, 1.82) is 0 Å². The zero-order valence-electron chi connectivity index (χ0n) is 17.3. The second kappa shape index (κ2) is 9.67. The summed E-state index contributed by atoms with van der Waals surface area (Å²) in [6.45, 7) is 5.50. The number of aryl methyl sites for hydroxylation is 1. The standard InChI is InChI=1S/C22H27N3O5/c1-3-4-11-30-20-16(2)14-18(15-23-20)24-21(26)22(9-12-29-13-10-22)17-5-7-19(8-6-17)25(27)28/h5-8,14-15H,3-4,9-13H2,1-2H3,(H,24,26). The van der Waals surface area contributed by atoms with Gasteiger partial charge in [0.2, 0.25) is 11.8 Å². The summed E-state index contributed by atoms with van der Waals surface area (Å²) in [7, 11) is 0. The fraction of sp³-hybridized carbons (Fsp3) is 0.455. The summed E-state index contributed by atoms with van der Waals surface area (Å²) in [5, 5.41) is 14.0. The van der Waals surface area contributed by atoms with Gasteiger partial charge in [-0.3, -0.25) is 14.9 Å². The first-order valence-corrected chi connectivity index (χ1v) is 10.2. The van der Waals surface area contributed by atoms with E-state index in [1.165, 1.54) is 12.1 Å². The summed E-state index contributed by atoms with van der Waals surface area (Å²) in [6, 6.07) is 8.05. The SMILES string of the molecule is CCCCOc1ncc(NC(=O)C2(c3ccc([N+](=O)[O-])cc3)CCOCC2)cc1C. The van der Waals surface area contributed by atoms with Crippen LogP contribution in [0, 0.1) is 17.0 Å². The van der Waals surface area contributed by atoms with Gasteiger partial charge in [-0.05, 0) is 37.8 Å². The summed E-state index contributed by atoms with van der Waals surface area (Å²) >= 11 is 0. The van der Waals surface area contributed by atoms with E-state index in [0.29, 0.717) is 44.2 Å². The van der Waals surface area contributed by atoms with E-state index in [1.54, 1.807) is 18.3 Å². The van der Waals surface area contributed by atoms with Crippen LogP contribution in [0.2, 0.25) is 0 Å². The lowest BCUT2D eigenvalue weighted by atomic mass is 9.73. The number of hydrogen-bond acceptors (Lipinski definition) is 6.